The van der Waals surface area contributed by atoms with Crippen molar-refractivity contribution in [2.75, 3.05) is 7.11 Å². The Bertz CT molecular complexity index is 1070. The number of ether oxygens (including phenoxy) is 2. The van der Waals surface area contributed by atoms with E-state index in [1.165, 1.54) is 18.1 Å². The van der Waals surface area contributed by atoms with Gasteiger partial charge in [0.15, 0.2) is 11.5 Å². The van der Waals surface area contributed by atoms with Crippen LogP contribution in [0.1, 0.15) is 43.2 Å². The summed E-state index contributed by atoms with van der Waals surface area (Å²) < 4.78 is 25.7. The number of rotatable bonds is 6. The zero-order chi connectivity index (χ0) is 22.7. The first-order valence-electron chi connectivity index (χ1n) is 10.6. The summed E-state index contributed by atoms with van der Waals surface area (Å²) in [5.74, 6) is 0.186. The Labute approximate surface area is 194 Å². The van der Waals surface area contributed by atoms with E-state index in [2.05, 4.69) is 21.2 Å². The number of hydrogen-bond donors (Lipinski definition) is 1. The van der Waals surface area contributed by atoms with Crippen LogP contribution in [-0.4, -0.2) is 30.0 Å². The van der Waals surface area contributed by atoms with E-state index in [1.54, 1.807) is 36.4 Å². The van der Waals surface area contributed by atoms with Gasteiger partial charge in [-0.2, -0.15) is 0 Å². The second-order valence-electron chi connectivity index (χ2n) is 7.87. The highest BCUT2D eigenvalue weighted by molar-refractivity contribution is 9.10. The SMILES string of the molecule is COc1cc(/C=C2\NC(=O)N(C3CCCCC3)C2=O)cc(Br)c1OCc1ccccc1F. The molecule has 0 spiro atoms. The fraction of sp³-hybridized carbons (Fsp3) is 0.333. The van der Waals surface area contributed by atoms with Gasteiger partial charge in [-0.1, -0.05) is 37.5 Å². The Morgan fingerprint density at radius 2 is 1.94 bits per heavy atom. The van der Waals surface area contributed by atoms with E-state index in [1.807, 2.05) is 0 Å². The van der Waals surface area contributed by atoms with E-state index in [0.717, 1.165) is 32.1 Å². The number of nitrogens with zero attached hydrogens (tertiary/aromatic N) is 1. The number of halogens is 2. The zero-order valence-corrected chi connectivity index (χ0v) is 19.3. The predicted molar refractivity (Wildman–Crippen MR) is 122 cm³/mol. The number of methoxy groups -OCH3 is 1. The minimum Gasteiger partial charge on any atom is -0.493 e. The van der Waals surface area contributed by atoms with Crippen LogP contribution in [0.25, 0.3) is 6.08 Å². The number of carbonyl (C=O) groups excluding carboxylic acids is 2. The first-order valence-corrected chi connectivity index (χ1v) is 11.4. The van der Waals surface area contributed by atoms with E-state index in [4.69, 9.17) is 9.47 Å². The molecule has 2 aliphatic rings. The number of hydrogen-bond acceptors (Lipinski definition) is 4. The Morgan fingerprint density at radius 3 is 2.66 bits per heavy atom. The molecule has 0 radical (unpaired) electrons. The van der Waals surface area contributed by atoms with Crippen molar-refractivity contribution in [3.8, 4) is 11.5 Å². The third-order valence-electron chi connectivity index (χ3n) is 5.74. The normalized spacial score (nSPS) is 18.2. The molecule has 8 heteroatoms. The molecule has 1 saturated carbocycles. The topological polar surface area (TPSA) is 67.9 Å². The van der Waals surface area contributed by atoms with Crippen molar-refractivity contribution in [1.29, 1.82) is 0 Å². The maximum atomic E-state index is 13.9. The third-order valence-corrected chi connectivity index (χ3v) is 6.33. The van der Waals surface area contributed by atoms with Crippen LogP contribution < -0.4 is 14.8 Å². The lowest BCUT2D eigenvalue weighted by atomic mass is 9.94. The summed E-state index contributed by atoms with van der Waals surface area (Å²) in [7, 11) is 1.50. The lowest BCUT2D eigenvalue weighted by Crippen LogP contribution is -2.41. The third kappa shape index (κ3) is 4.65. The van der Waals surface area contributed by atoms with Crippen molar-refractivity contribution in [3.05, 3.63) is 63.5 Å². The minimum atomic E-state index is -0.371. The molecule has 168 valence electrons. The molecular weight excluding hydrogens is 479 g/mol. The van der Waals surface area contributed by atoms with Gasteiger partial charge in [0, 0.05) is 11.6 Å². The summed E-state index contributed by atoms with van der Waals surface area (Å²) >= 11 is 3.47. The molecular formula is C24H24BrFN2O4. The molecule has 3 amide bonds. The Hall–Kier alpha value is -2.87. The average molecular weight is 503 g/mol. The predicted octanol–water partition coefficient (Wildman–Crippen LogP) is 5.40. The number of benzene rings is 2. The smallest absolute Gasteiger partial charge is 0.329 e. The summed E-state index contributed by atoms with van der Waals surface area (Å²) in [4.78, 5) is 26.7. The molecule has 1 heterocycles. The van der Waals surface area contributed by atoms with Crippen LogP contribution in [0.3, 0.4) is 0 Å². The number of imide groups is 1. The van der Waals surface area contributed by atoms with Crippen LogP contribution in [0.5, 0.6) is 11.5 Å². The van der Waals surface area contributed by atoms with Gasteiger partial charge in [-0.15, -0.1) is 0 Å². The summed E-state index contributed by atoms with van der Waals surface area (Å²) in [6.07, 6.45) is 6.51. The van der Waals surface area contributed by atoms with Gasteiger partial charge >= 0.3 is 6.03 Å². The molecule has 2 aromatic rings. The Kier molecular flexibility index (Phi) is 6.79. The van der Waals surface area contributed by atoms with Crippen LogP contribution in [0.15, 0.2) is 46.6 Å². The molecule has 4 rings (SSSR count). The second-order valence-corrected chi connectivity index (χ2v) is 8.72. The molecule has 0 atom stereocenters. The highest BCUT2D eigenvalue weighted by Crippen LogP contribution is 2.38. The van der Waals surface area contributed by atoms with Gasteiger partial charge in [0.2, 0.25) is 0 Å². The lowest BCUT2D eigenvalue weighted by molar-refractivity contribution is -0.124. The van der Waals surface area contributed by atoms with Crippen LogP contribution in [-0.2, 0) is 11.4 Å². The van der Waals surface area contributed by atoms with Gasteiger partial charge in [0.25, 0.3) is 5.91 Å². The Balaban J connectivity index is 1.55. The molecule has 1 N–H and O–H groups in total. The molecule has 1 saturated heterocycles. The van der Waals surface area contributed by atoms with Crippen LogP contribution >= 0.6 is 15.9 Å². The molecule has 2 fully saturated rings. The minimum absolute atomic E-state index is 0.0347. The molecule has 0 unspecified atom stereocenters. The van der Waals surface area contributed by atoms with Crippen molar-refractivity contribution >= 4 is 33.9 Å². The fourth-order valence-corrected chi connectivity index (χ4v) is 4.69. The van der Waals surface area contributed by atoms with E-state index in [-0.39, 0.29) is 36.1 Å². The van der Waals surface area contributed by atoms with Crippen LogP contribution in [0.4, 0.5) is 9.18 Å². The van der Waals surface area contributed by atoms with Crippen molar-refractivity contribution in [2.24, 2.45) is 0 Å². The van der Waals surface area contributed by atoms with Crippen LogP contribution in [0.2, 0.25) is 0 Å². The van der Waals surface area contributed by atoms with Crippen LogP contribution in [0, 0.1) is 5.82 Å². The Morgan fingerprint density at radius 1 is 1.19 bits per heavy atom. The molecule has 1 aliphatic carbocycles. The van der Waals surface area contributed by atoms with E-state index in [9.17, 15) is 14.0 Å². The number of nitrogens with one attached hydrogen (secondary N) is 1. The summed E-state index contributed by atoms with van der Waals surface area (Å²) in [5, 5.41) is 2.69. The van der Waals surface area contributed by atoms with E-state index in [0.29, 0.717) is 27.1 Å². The highest BCUT2D eigenvalue weighted by Gasteiger charge is 2.39. The molecule has 0 aromatic heterocycles. The summed E-state index contributed by atoms with van der Waals surface area (Å²) in [6.45, 7) is 0.0347. The number of urea groups is 1. The molecule has 6 nitrogen and oxygen atoms in total. The standard InChI is InChI=1S/C24H24BrFN2O4/c1-31-21-13-15(11-18(25)22(21)32-14-16-7-5-6-10-19(16)26)12-20-23(29)28(24(30)27-20)17-8-3-2-4-9-17/h5-7,10-13,17H,2-4,8-9,14H2,1H3,(H,27,30)/b20-12-. The highest BCUT2D eigenvalue weighted by atomic mass is 79.9. The van der Waals surface area contributed by atoms with Gasteiger partial charge in [-0.25, -0.2) is 9.18 Å². The van der Waals surface area contributed by atoms with E-state index < -0.39 is 0 Å². The molecule has 0 bridgehead atoms. The fourth-order valence-electron chi connectivity index (χ4n) is 4.11. The first kappa shape index (κ1) is 22.3. The first-order chi connectivity index (χ1) is 15.5. The largest absolute Gasteiger partial charge is 0.493 e. The summed E-state index contributed by atoms with van der Waals surface area (Å²) in [6, 6.07) is 9.45. The van der Waals surface area contributed by atoms with Gasteiger partial charge in [-0.05, 0) is 58.6 Å². The van der Waals surface area contributed by atoms with E-state index >= 15 is 0 Å². The van der Waals surface area contributed by atoms with Crippen molar-refractivity contribution in [3.63, 3.8) is 0 Å². The number of amides is 3. The second kappa shape index (κ2) is 9.73. The molecule has 2 aromatic carbocycles. The van der Waals surface area contributed by atoms with Crippen molar-refractivity contribution in [2.45, 2.75) is 44.8 Å². The van der Waals surface area contributed by atoms with Gasteiger partial charge in [0.1, 0.15) is 18.1 Å². The zero-order valence-electron chi connectivity index (χ0n) is 17.7. The van der Waals surface area contributed by atoms with Gasteiger partial charge < -0.3 is 14.8 Å². The van der Waals surface area contributed by atoms with Crippen molar-refractivity contribution < 1.29 is 23.5 Å². The van der Waals surface area contributed by atoms with Gasteiger partial charge in [-0.3, -0.25) is 9.69 Å². The monoisotopic (exact) mass is 502 g/mol. The lowest BCUT2D eigenvalue weighted by Gasteiger charge is -2.28. The maximum absolute atomic E-state index is 13.9. The molecule has 1 aliphatic heterocycles. The van der Waals surface area contributed by atoms with Crippen molar-refractivity contribution in [1.82, 2.24) is 10.2 Å². The average Bonchev–Trinajstić information content (AvgIpc) is 3.07. The number of carbonyl (C=O) groups is 2. The summed E-state index contributed by atoms with van der Waals surface area (Å²) in [5.41, 5.74) is 1.31. The van der Waals surface area contributed by atoms with Gasteiger partial charge in [0.05, 0.1) is 11.6 Å². The maximum Gasteiger partial charge on any atom is 0.329 e. The molecule has 32 heavy (non-hydrogen) atoms. The quantitative estimate of drug-likeness (QED) is 0.424.